The molecule has 5 N–H and O–H groups in total. The zero-order valence-electron chi connectivity index (χ0n) is 15.7. The fourth-order valence-electron chi connectivity index (χ4n) is 2.72. The van der Waals surface area contributed by atoms with Crippen molar-refractivity contribution >= 4 is 39.0 Å². The number of nitrogens with one attached hydrogen (secondary N) is 1. The number of thiophene rings is 1. The highest BCUT2D eigenvalue weighted by atomic mass is 32.2. The van der Waals surface area contributed by atoms with Gasteiger partial charge in [0.25, 0.3) is 10.0 Å². The van der Waals surface area contributed by atoms with E-state index >= 15 is 0 Å². The van der Waals surface area contributed by atoms with Gasteiger partial charge < -0.3 is 20.3 Å². The topological polar surface area (TPSA) is 163 Å². The van der Waals surface area contributed by atoms with Crippen molar-refractivity contribution in [1.29, 1.82) is 5.26 Å². The van der Waals surface area contributed by atoms with Crippen LogP contribution in [0.2, 0.25) is 0 Å². The molecule has 1 aromatic heterocycles. The molecule has 0 bridgehead atoms. The van der Waals surface area contributed by atoms with Crippen LogP contribution in [0.15, 0.2) is 46.7 Å². The number of rotatable bonds is 8. The zero-order valence-corrected chi connectivity index (χ0v) is 18.3. The number of benzene rings is 2. The van der Waals surface area contributed by atoms with Crippen molar-refractivity contribution in [3.63, 3.8) is 0 Å². The van der Waals surface area contributed by atoms with Crippen molar-refractivity contribution in [1.82, 2.24) is 4.72 Å². The molecule has 164 valence electrons. The molecule has 31 heavy (non-hydrogen) atoms. The van der Waals surface area contributed by atoms with Gasteiger partial charge in [-0.1, -0.05) is 6.07 Å². The Hall–Kier alpha value is -2.36. The summed E-state index contributed by atoms with van der Waals surface area (Å²) in [5, 5.41) is 9.36. The van der Waals surface area contributed by atoms with Crippen molar-refractivity contribution in [2.75, 3.05) is 13.2 Å². The lowest BCUT2D eigenvalue weighted by atomic mass is 10.1. The molecule has 0 amide bonds. The second-order valence-corrected chi connectivity index (χ2v) is 11.1. The Bertz CT molecular complexity index is 1320. The van der Waals surface area contributed by atoms with E-state index in [0.717, 1.165) is 29.5 Å². The van der Waals surface area contributed by atoms with Gasteiger partial charge in [0.1, 0.15) is 34.2 Å². The summed E-state index contributed by atoms with van der Waals surface area (Å²) in [5.74, 6) is -2.56. The molecule has 0 fully saturated rings. The van der Waals surface area contributed by atoms with E-state index in [4.69, 9.17) is 15.7 Å². The lowest BCUT2D eigenvalue weighted by Crippen LogP contribution is -2.28. The van der Waals surface area contributed by atoms with Crippen LogP contribution in [-0.4, -0.2) is 31.4 Å². The predicted molar refractivity (Wildman–Crippen MR) is 113 cm³/mol. The van der Waals surface area contributed by atoms with Gasteiger partial charge in [-0.05, 0) is 47.3 Å². The van der Waals surface area contributed by atoms with Crippen molar-refractivity contribution in [3.8, 4) is 11.8 Å². The highest BCUT2D eigenvalue weighted by molar-refractivity contribution is 7.92. The fourth-order valence-corrected chi connectivity index (χ4v) is 6.69. The van der Waals surface area contributed by atoms with Crippen LogP contribution in [0.25, 0.3) is 10.1 Å². The largest absolute Gasteiger partial charge is 0.492 e. The maximum absolute atomic E-state index is 14.0. The molecule has 0 saturated carbocycles. The van der Waals surface area contributed by atoms with Crippen molar-refractivity contribution in [2.24, 2.45) is 5.73 Å². The minimum atomic E-state index is -5.08. The molecule has 3 rings (SSSR count). The van der Waals surface area contributed by atoms with Gasteiger partial charge in [-0.25, -0.2) is 12.8 Å². The van der Waals surface area contributed by atoms with E-state index in [1.807, 2.05) is 4.72 Å². The van der Waals surface area contributed by atoms with Crippen molar-refractivity contribution < 1.29 is 31.9 Å². The van der Waals surface area contributed by atoms with Gasteiger partial charge in [-0.2, -0.15) is 9.98 Å². The second-order valence-electron chi connectivity index (χ2n) is 6.37. The quantitative estimate of drug-likeness (QED) is 0.354. The van der Waals surface area contributed by atoms with Gasteiger partial charge in [-0.15, -0.1) is 11.3 Å². The monoisotopic (exact) mass is 485 g/mol. The first-order valence-electron chi connectivity index (χ1n) is 8.69. The van der Waals surface area contributed by atoms with Crippen molar-refractivity contribution in [3.05, 3.63) is 59.4 Å². The highest BCUT2D eigenvalue weighted by Crippen LogP contribution is 2.51. The number of hydrogen-bond donors (Lipinski definition) is 4. The molecule has 1 atom stereocenters. The summed E-state index contributed by atoms with van der Waals surface area (Å²) >= 11 is 0.893. The van der Waals surface area contributed by atoms with E-state index in [1.165, 1.54) is 6.07 Å². The Morgan fingerprint density at radius 2 is 2.00 bits per heavy atom. The maximum atomic E-state index is 14.0. The van der Waals surface area contributed by atoms with Crippen LogP contribution in [0.1, 0.15) is 16.9 Å². The summed E-state index contributed by atoms with van der Waals surface area (Å²) in [5.41, 5.74) is 4.74. The molecule has 2 aromatic carbocycles. The molecule has 9 nitrogen and oxygen atoms in total. The molecule has 0 aliphatic heterocycles. The van der Waals surface area contributed by atoms with Crippen LogP contribution in [0, 0.1) is 17.1 Å². The average Bonchev–Trinajstić information content (AvgIpc) is 3.14. The van der Waals surface area contributed by atoms with Crippen LogP contribution >= 0.6 is 18.9 Å². The van der Waals surface area contributed by atoms with Gasteiger partial charge in [0.15, 0.2) is 0 Å². The highest BCUT2D eigenvalue weighted by Gasteiger charge is 2.36. The first kappa shape index (κ1) is 23.3. The molecule has 3 aromatic rings. The first-order valence-corrected chi connectivity index (χ1v) is 12.7. The van der Waals surface area contributed by atoms with Crippen LogP contribution in [-0.2, 0) is 14.6 Å². The molecule has 1 heterocycles. The summed E-state index contributed by atoms with van der Waals surface area (Å²) in [7, 11) is -9.46. The molecule has 0 aliphatic carbocycles. The Kier molecular flexibility index (Phi) is 6.78. The van der Waals surface area contributed by atoms with E-state index in [-0.39, 0.29) is 21.9 Å². The Labute approximate surface area is 181 Å². The number of halogens is 1. The van der Waals surface area contributed by atoms with Gasteiger partial charge in [0.05, 0.1) is 5.56 Å². The number of nitrogens with two attached hydrogens (primary N) is 1. The smallest absolute Gasteiger partial charge is 0.347 e. The van der Waals surface area contributed by atoms with Gasteiger partial charge >= 0.3 is 7.60 Å². The molecule has 0 saturated heterocycles. The normalized spacial score (nSPS) is 13.1. The van der Waals surface area contributed by atoms with E-state index in [0.29, 0.717) is 22.4 Å². The molecule has 1 unspecified atom stereocenters. The third-order valence-corrected chi connectivity index (χ3v) is 8.44. The standard InChI is InChI=1S/C18H17FN3O6PS2/c19-15-8-11(1-2-12(15)10-21)18(29(23,24)25)22-31(26,27)17-9-13-7-14(28-6-5-20)3-4-16(13)30-17/h1-4,7-9,18,22H,5-6,20H2,(H2,23,24,25). The summed E-state index contributed by atoms with van der Waals surface area (Å²) in [6.07, 6.45) is 0. The lowest BCUT2D eigenvalue weighted by molar-refractivity contribution is 0.329. The third-order valence-electron chi connectivity index (χ3n) is 4.15. The number of fused-ring (bicyclic) bond motifs is 1. The predicted octanol–water partition coefficient (Wildman–Crippen LogP) is 2.40. The molecule has 0 spiro atoms. The molecule has 0 aliphatic rings. The van der Waals surface area contributed by atoms with Crippen LogP contribution in [0.5, 0.6) is 5.75 Å². The lowest BCUT2D eigenvalue weighted by Gasteiger charge is -2.20. The van der Waals surface area contributed by atoms with Gasteiger partial charge in [0, 0.05) is 11.2 Å². The molecule has 0 radical (unpaired) electrons. The van der Waals surface area contributed by atoms with E-state index < -0.39 is 29.2 Å². The Morgan fingerprint density at radius 3 is 2.61 bits per heavy atom. The van der Waals surface area contributed by atoms with E-state index in [9.17, 15) is 27.2 Å². The number of nitriles is 1. The number of hydrogen-bond acceptors (Lipinski definition) is 7. The first-order chi connectivity index (χ1) is 14.5. The summed E-state index contributed by atoms with van der Waals surface area (Å²) < 4.78 is 59.4. The second kappa shape index (κ2) is 9.02. The number of ether oxygens (including phenoxy) is 1. The summed E-state index contributed by atoms with van der Waals surface area (Å²) in [6.45, 7) is 0.596. The maximum Gasteiger partial charge on any atom is 0.347 e. The summed E-state index contributed by atoms with van der Waals surface area (Å²) in [6, 6.07) is 10.7. The number of sulfonamides is 1. The van der Waals surface area contributed by atoms with E-state index in [1.54, 1.807) is 24.3 Å². The summed E-state index contributed by atoms with van der Waals surface area (Å²) in [4.78, 5) is 19.4. The zero-order chi connectivity index (χ0) is 22.8. The third kappa shape index (κ3) is 5.28. The Morgan fingerprint density at radius 1 is 1.26 bits per heavy atom. The fraction of sp³-hybridized carbons (Fsp3) is 0.167. The van der Waals surface area contributed by atoms with E-state index in [2.05, 4.69) is 0 Å². The molecule has 13 heteroatoms. The van der Waals surface area contributed by atoms with Gasteiger partial charge in [-0.3, -0.25) is 4.57 Å². The number of nitrogens with zero attached hydrogens (tertiary/aromatic N) is 1. The minimum absolute atomic E-state index is 0.189. The van der Waals surface area contributed by atoms with Crippen LogP contribution in [0.4, 0.5) is 4.39 Å². The SMILES string of the molecule is N#Cc1ccc(C(NS(=O)(=O)c2cc3cc(OCCN)ccc3s2)P(=O)(O)O)cc1F. The Balaban J connectivity index is 1.96. The van der Waals surface area contributed by atoms with Crippen LogP contribution < -0.4 is 15.2 Å². The average molecular weight is 485 g/mol. The van der Waals surface area contributed by atoms with Crippen LogP contribution in [0.3, 0.4) is 0 Å². The van der Waals surface area contributed by atoms with Gasteiger partial charge in [0.2, 0.25) is 0 Å². The molecular formula is C18H17FN3O6PS2. The van der Waals surface area contributed by atoms with Crippen molar-refractivity contribution in [2.45, 2.75) is 9.99 Å². The molecular weight excluding hydrogens is 468 g/mol. The minimum Gasteiger partial charge on any atom is -0.492 e.